The van der Waals surface area contributed by atoms with Crippen LogP contribution in [0.2, 0.25) is 0 Å². The first-order valence-corrected chi connectivity index (χ1v) is 11.3. The highest BCUT2D eigenvalue weighted by molar-refractivity contribution is 7.89. The van der Waals surface area contributed by atoms with Crippen LogP contribution in [0.1, 0.15) is 25.3 Å². The minimum absolute atomic E-state index is 0.0689. The summed E-state index contributed by atoms with van der Waals surface area (Å²) >= 11 is 0. The van der Waals surface area contributed by atoms with Crippen molar-refractivity contribution in [3.05, 3.63) is 54.1 Å². The number of amides is 1. The Hall–Kier alpha value is -2.59. The maximum absolute atomic E-state index is 13.2. The minimum Gasteiger partial charge on any atom is -0.494 e. The monoisotopic (exact) mass is 456 g/mol. The summed E-state index contributed by atoms with van der Waals surface area (Å²) in [6.07, 6.45) is -3.80. The first-order valence-electron chi connectivity index (χ1n) is 9.83. The molecule has 0 unspecified atom stereocenters. The molecule has 1 fully saturated rings. The van der Waals surface area contributed by atoms with Gasteiger partial charge in [0, 0.05) is 13.1 Å². The van der Waals surface area contributed by atoms with Crippen LogP contribution in [-0.2, 0) is 21.0 Å². The Kier molecular flexibility index (Phi) is 6.90. The standard InChI is InChI=1S/C21H23F3N2O4S/c1-2-30-16-9-11-17(12-10-16)31(28,29)26-13-5-6-15(14-26)20(27)25-19-8-4-3-7-18(19)21(22,23)24/h3-4,7-12,15H,2,5-6,13-14H2,1H3,(H,25,27)/t15-/m0/s1. The fourth-order valence-corrected chi connectivity index (χ4v) is 5.00. The van der Waals surface area contributed by atoms with E-state index in [1.54, 1.807) is 12.1 Å². The van der Waals surface area contributed by atoms with Crippen LogP contribution in [0.5, 0.6) is 5.75 Å². The van der Waals surface area contributed by atoms with Crippen LogP contribution in [0, 0.1) is 5.92 Å². The lowest BCUT2D eigenvalue weighted by Crippen LogP contribution is -2.43. The van der Waals surface area contributed by atoms with Gasteiger partial charge in [-0.25, -0.2) is 8.42 Å². The summed E-state index contributed by atoms with van der Waals surface area (Å²) in [4.78, 5) is 12.7. The molecule has 1 aliphatic heterocycles. The van der Waals surface area contributed by atoms with Crippen molar-refractivity contribution in [1.29, 1.82) is 0 Å². The van der Waals surface area contributed by atoms with Crippen molar-refractivity contribution < 1.29 is 31.1 Å². The largest absolute Gasteiger partial charge is 0.494 e. The van der Waals surface area contributed by atoms with Gasteiger partial charge in [-0.3, -0.25) is 4.79 Å². The molecule has 2 aromatic carbocycles. The summed E-state index contributed by atoms with van der Waals surface area (Å²) in [5, 5.41) is 2.32. The van der Waals surface area contributed by atoms with Gasteiger partial charge in [0.2, 0.25) is 15.9 Å². The third kappa shape index (κ3) is 5.37. The number of ether oxygens (including phenoxy) is 1. The van der Waals surface area contributed by atoms with Crippen molar-refractivity contribution in [3.8, 4) is 5.75 Å². The van der Waals surface area contributed by atoms with E-state index >= 15 is 0 Å². The van der Waals surface area contributed by atoms with E-state index in [2.05, 4.69) is 5.32 Å². The Morgan fingerprint density at radius 3 is 2.48 bits per heavy atom. The number of anilines is 1. The number of hydrogen-bond donors (Lipinski definition) is 1. The van der Waals surface area contributed by atoms with Gasteiger partial charge in [-0.05, 0) is 56.2 Å². The second-order valence-corrected chi connectivity index (χ2v) is 9.08. The van der Waals surface area contributed by atoms with E-state index in [0.717, 1.165) is 6.07 Å². The molecule has 1 heterocycles. The molecule has 31 heavy (non-hydrogen) atoms. The molecule has 6 nitrogen and oxygen atoms in total. The number of halogens is 3. The van der Waals surface area contributed by atoms with Crippen molar-refractivity contribution >= 4 is 21.6 Å². The Morgan fingerprint density at radius 1 is 1.16 bits per heavy atom. The molecule has 1 N–H and O–H groups in total. The molecule has 3 rings (SSSR count). The van der Waals surface area contributed by atoms with Gasteiger partial charge < -0.3 is 10.1 Å². The maximum atomic E-state index is 13.2. The average Bonchev–Trinajstić information content (AvgIpc) is 2.74. The van der Waals surface area contributed by atoms with Crippen molar-refractivity contribution in [3.63, 3.8) is 0 Å². The number of rotatable bonds is 6. The summed E-state index contributed by atoms with van der Waals surface area (Å²) < 4.78 is 72.0. The highest BCUT2D eigenvalue weighted by Gasteiger charge is 2.36. The van der Waals surface area contributed by atoms with Gasteiger partial charge in [0.15, 0.2) is 0 Å². The molecule has 0 aliphatic carbocycles. The summed E-state index contributed by atoms with van der Waals surface area (Å²) in [6.45, 7) is 2.40. The quantitative estimate of drug-likeness (QED) is 0.709. The van der Waals surface area contributed by atoms with Crippen LogP contribution in [0.25, 0.3) is 0 Å². The summed E-state index contributed by atoms with van der Waals surface area (Å²) in [7, 11) is -3.85. The molecule has 1 atom stereocenters. The van der Waals surface area contributed by atoms with Gasteiger partial charge in [-0.15, -0.1) is 0 Å². The topological polar surface area (TPSA) is 75.7 Å². The van der Waals surface area contributed by atoms with Crippen molar-refractivity contribution in [2.75, 3.05) is 25.0 Å². The summed E-state index contributed by atoms with van der Waals surface area (Å²) in [5.74, 6) is -0.850. The highest BCUT2D eigenvalue weighted by atomic mass is 32.2. The fraction of sp³-hybridized carbons (Fsp3) is 0.381. The van der Waals surface area contributed by atoms with Gasteiger partial charge in [0.05, 0.1) is 28.7 Å². The molecule has 1 saturated heterocycles. The third-order valence-corrected chi connectivity index (χ3v) is 6.90. The Morgan fingerprint density at radius 2 is 1.84 bits per heavy atom. The molecular formula is C21H23F3N2O4S. The number of nitrogens with zero attached hydrogens (tertiary/aromatic N) is 1. The van der Waals surface area contributed by atoms with Crippen molar-refractivity contribution in [2.45, 2.75) is 30.8 Å². The van der Waals surface area contributed by atoms with Gasteiger partial charge in [-0.1, -0.05) is 12.1 Å². The number of sulfonamides is 1. The highest BCUT2D eigenvalue weighted by Crippen LogP contribution is 2.35. The van der Waals surface area contributed by atoms with Crippen LogP contribution in [0.4, 0.5) is 18.9 Å². The predicted octanol–water partition coefficient (Wildman–Crippen LogP) is 4.14. The van der Waals surface area contributed by atoms with Crippen LogP contribution in [0.15, 0.2) is 53.4 Å². The zero-order valence-corrected chi connectivity index (χ0v) is 17.7. The predicted molar refractivity (Wildman–Crippen MR) is 109 cm³/mol. The van der Waals surface area contributed by atoms with Crippen LogP contribution < -0.4 is 10.1 Å². The lowest BCUT2D eigenvalue weighted by molar-refractivity contribution is -0.137. The van der Waals surface area contributed by atoms with Crippen LogP contribution in [-0.4, -0.2) is 38.3 Å². The molecule has 1 amide bonds. The minimum atomic E-state index is -4.61. The molecule has 0 bridgehead atoms. The first-order chi connectivity index (χ1) is 14.6. The number of hydrogen-bond acceptors (Lipinski definition) is 4. The van der Waals surface area contributed by atoms with E-state index in [1.165, 1.54) is 34.6 Å². The Labute approximate surface area is 179 Å². The first kappa shape index (κ1) is 23.1. The number of benzene rings is 2. The van der Waals surface area contributed by atoms with E-state index in [-0.39, 0.29) is 23.7 Å². The van der Waals surface area contributed by atoms with E-state index in [0.29, 0.717) is 25.2 Å². The SMILES string of the molecule is CCOc1ccc(S(=O)(=O)N2CCC[C@H](C(=O)Nc3ccccc3C(F)(F)F)C2)cc1. The molecule has 0 radical (unpaired) electrons. The lowest BCUT2D eigenvalue weighted by atomic mass is 9.98. The van der Waals surface area contributed by atoms with Crippen LogP contribution >= 0.6 is 0 Å². The lowest BCUT2D eigenvalue weighted by Gasteiger charge is -2.31. The van der Waals surface area contributed by atoms with E-state index in [1.807, 2.05) is 6.92 Å². The second-order valence-electron chi connectivity index (χ2n) is 7.14. The van der Waals surface area contributed by atoms with E-state index < -0.39 is 33.6 Å². The Balaban J connectivity index is 1.74. The van der Waals surface area contributed by atoms with Gasteiger partial charge in [0.1, 0.15) is 5.75 Å². The second kappa shape index (κ2) is 9.27. The van der Waals surface area contributed by atoms with E-state index in [4.69, 9.17) is 4.74 Å². The third-order valence-electron chi connectivity index (χ3n) is 5.02. The Bertz CT molecular complexity index is 1020. The van der Waals surface area contributed by atoms with E-state index in [9.17, 15) is 26.4 Å². The van der Waals surface area contributed by atoms with Crippen molar-refractivity contribution in [1.82, 2.24) is 4.31 Å². The number of carbonyl (C=O) groups is 1. The normalized spacial score (nSPS) is 17.9. The molecule has 0 aromatic heterocycles. The van der Waals surface area contributed by atoms with Gasteiger partial charge in [0.25, 0.3) is 0 Å². The summed E-state index contributed by atoms with van der Waals surface area (Å²) in [5.41, 5.74) is -1.29. The number of piperidine rings is 1. The number of para-hydroxylation sites is 1. The van der Waals surface area contributed by atoms with Crippen LogP contribution in [0.3, 0.4) is 0 Å². The number of alkyl halides is 3. The zero-order valence-electron chi connectivity index (χ0n) is 16.9. The molecule has 1 aliphatic rings. The molecule has 10 heteroatoms. The fourth-order valence-electron chi connectivity index (χ4n) is 3.47. The molecule has 0 saturated carbocycles. The van der Waals surface area contributed by atoms with Gasteiger partial charge in [-0.2, -0.15) is 17.5 Å². The molecule has 168 valence electrons. The maximum Gasteiger partial charge on any atom is 0.418 e. The number of nitrogens with one attached hydrogen (secondary N) is 1. The molecule has 2 aromatic rings. The number of carbonyl (C=O) groups excluding carboxylic acids is 1. The molecule has 0 spiro atoms. The molecular weight excluding hydrogens is 433 g/mol. The average molecular weight is 456 g/mol. The zero-order chi connectivity index (χ0) is 22.6. The van der Waals surface area contributed by atoms with Gasteiger partial charge >= 0.3 is 6.18 Å². The summed E-state index contributed by atoms with van der Waals surface area (Å²) in [6, 6.07) is 10.7. The van der Waals surface area contributed by atoms with Crippen molar-refractivity contribution in [2.24, 2.45) is 5.92 Å². The smallest absolute Gasteiger partial charge is 0.418 e.